The second kappa shape index (κ2) is 6.97. The van der Waals surface area contributed by atoms with Gasteiger partial charge in [0, 0.05) is 27.9 Å². The molecule has 0 spiro atoms. The second-order valence-corrected chi connectivity index (χ2v) is 8.80. The molecule has 0 bridgehead atoms. The maximum atomic E-state index is 10.5. The Morgan fingerprint density at radius 1 is 0.903 bits per heavy atom. The first-order valence-corrected chi connectivity index (χ1v) is 10.3. The van der Waals surface area contributed by atoms with Crippen LogP contribution in [0.1, 0.15) is 27.7 Å². The lowest BCUT2D eigenvalue weighted by atomic mass is 9.80. The molecule has 0 saturated carbocycles. The summed E-state index contributed by atoms with van der Waals surface area (Å²) in [5.74, 6) is 0.531. The van der Waals surface area contributed by atoms with Crippen LogP contribution in [0.25, 0.3) is 44.5 Å². The van der Waals surface area contributed by atoms with Gasteiger partial charge >= 0.3 is 7.48 Å². The summed E-state index contributed by atoms with van der Waals surface area (Å²) in [6.07, 6.45) is 0. The van der Waals surface area contributed by atoms with E-state index in [0.29, 0.717) is 22.6 Å². The number of aromatic nitrogens is 1. The molecule has 0 unspecified atom stereocenters. The van der Waals surface area contributed by atoms with Gasteiger partial charge in [0.2, 0.25) is 5.89 Å². The highest BCUT2D eigenvalue weighted by Gasteiger charge is 2.36. The molecule has 155 valence electrons. The van der Waals surface area contributed by atoms with Crippen molar-refractivity contribution in [3.05, 3.63) is 60.7 Å². The third-order valence-corrected chi connectivity index (χ3v) is 6.02. The highest BCUT2D eigenvalue weighted by molar-refractivity contribution is 6.56. The summed E-state index contributed by atoms with van der Waals surface area (Å²) in [4.78, 5) is 4.71. The van der Waals surface area contributed by atoms with Crippen LogP contribution in [0.3, 0.4) is 0 Å². The zero-order valence-electron chi connectivity index (χ0n) is 18.0. The van der Waals surface area contributed by atoms with Gasteiger partial charge in [0.25, 0.3) is 0 Å². The molecule has 0 atom stereocenters. The molecule has 0 amide bonds. The Bertz CT molecular complexity index is 1390. The highest BCUT2D eigenvalue weighted by atomic mass is 16.5. The Morgan fingerprint density at radius 2 is 1.61 bits per heavy atom. The number of nitrogens with zero attached hydrogens (tertiary/aromatic N) is 1. The van der Waals surface area contributed by atoms with Crippen LogP contribution in [-0.2, 0) is 4.65 Å². The molecule has 0 saturated heterocycles. The number of hydrogen-bond acceptors (Lipinski definition) is 5. The SMILES string of the molecule is CC(C)(O)C(C)(C)O[B]c1c2oc(-c3ccccc3)nc2cc2oc3ccccc3c12. The van der Waals surface area contributed by atoms with Crippen molar-refractivity contribution in [2.24, 2.45) is 0 Å². The zero-order chi connectivity index (χ0) is 21.8. The van der Waals surface area contributed by atoms with Crippen molar-refractivity contribution in [2.75, 3.05) is 0 Å². The van der Waals surface area contributed by atoms with Gasteiger partial charge in [-0.15, -0.1) is 0 Å². The first-order valence-electron chi connectivity index (χ1n) is 10.3. The number of oxazole rings is 1. The molecular formula is C25H23BNO4. The molecule has 0 aliphatic carbocycles. The van der Waals surface area contributed by atoms with Crippen LogP contribution >= 0.6 is 0 Å². The van der Waals surface area contributed by atoms with E-state index in [1.165, 1.54) is 0 Å². The molecule has 3 aromatic carbocycles. The lowest BCUT2D eigenvalue weighted by Gasteiger charge is -2.37. The van der Waals surface area contributed by atoms with Gasteiger partial charge in [-0.2, -0.15) is 0 Å². The van der Waals surface area contributed by atoms with E-state index in [2.05, 4.69) is 0 Å². The van der Waals surface area contributed by atoms with Gasteiger partial charge in [0.1, 0.15) is 16.7 Å². The van der Waals surface area contributed by atoms with Gasteiger partial charge in [-0.25, -0.2) is 4.98 Å². The van der Waals surface area contributed by atoms with E-state index in [0.717, 1.165) is 27.4 Å². The van der Waals surface area contributed by atoms with Gasteiger partial charge in [-0.3, -0.25) is 0 Å². The number of benzene rings is 3. The van der Waals surface area contributed by atoms with Crippen LogP contribution in [0.5, 0.6) is 0 Å². The molecule has 0 aliphatic heterocycles. The van der Waals surface area contributed by atoms with Crippen molar-refractivity contribution in [3.8, 4) is 11.5 Å². The zero-order valence-corrected chi connectivity index (χ0v) is 18.0. The first kappa shape index (κ1) is 19.9. The van der Waals surface area contributed by atoms with Crippen LogP contribution in [0.15, 0.2) is 69.5 Å². The molecule has 0 aliphatic rings. The summed E-state index contributed by atoms with van der Waals surface area (Å²) in [6.45, 7) is 7.16. The lowest BCUT2D eigenvalue weighted by Crippen LogP contribution is -2.49. The lowest BCUT2D eigenvalue weighted by molar-refractivity contribution is -0.0892. The van der Waals surface area contributed by atoms with E-state index in [-0.39, 0.29) is 0 Å². The molecule has 31 heavy (non-hydrogen) atoms. The van der Waals surface area contributed by atoms with Gasteiger partial charge in [-0.1, -0.05) is 36.4 Å². The summed E-state index contributed by atoms with van der Waals surface area (Å²) in [5.41, 5.74) is 2.54. The smallest absolute Gasteiger partial charge is 0.335 e. The minimum Gasteiger partial charge on any atom is -0.456 e. The van der Waals surface area contributed by atoms with Gasteiger partial charge in [-0.05, 0) is 45.9 Å². The number of rotatable bonds is 5. The Hall–Kier alpha value is -3.09. The van der Waals surface area contributed by atoms with E-state index in [1.807, 2.05) is 74.5 Å². The Kier molecular flexibility index (Phi) is 4.47. The number of furan rings is 1. The predicted molar refractivity (Wildman–Crippen MR) is 124 cm³/mol. The molecule has 5 rings (SSSR count). The van der Waals surface area contributed by atoms with Crippen molar-refractivity contribution in [3.63, 3.8) is 0 Å². The fourth-order valence-electron chi connectivity index (χ4n) is 3.47. The molecular weight excluding hydrogens is 389 g/mol. The van der Waals surface area contributed by atoms with Crippen LogP contribution in [0, 0.1) is 0 Å². The molecule has 5 aromatic rings. The van der Waals surface area contributed by atoms with Crippen LogP contribution < -0.4 is 5.46 Å². The normalized spacial score (nSPS) is 12.8. The number of para-hydroxylation sites is 1. The van der Waals surface area contributed by atoms with E-state index in [9.17, 15) is 5.11 Å². The minimum atomic E-state index is -1.05. The standard InChI is InChI=1S/C25H23BNO4/c1-24(2,28)25(3,4)31-26-21-20-16-12-8-9-13-18(16)29-19(20)14-17-22(21)30-23(27-17)15-10-6-5-7-11-15/h5-14,28H,1-4H3. The maximum absolute atomic E-state index is 10.5. The highest BCUT2D eigenvalue weighted by Crippen LogP contribution is 2.33. The van der Waals surface area contributed by atoms with E-state index >= 15 is 0 Å². The maximum Gasteiger partial charge on any atom is 0.335 e. The third-order valence-electron chi connectivity index (χ3n) is 6.02. The topological polar surface area (TPSA) is 68.6 Å². The van der Waals surface area contributed by atoms with Crippen molar-refractivity contribution >= 4 is 46.0 Å². The molecule has 2 aromatic heterocycles. The van der Waals surface area contributed by atoms with Crippen LogP contribution in [0.4, 0.5) is 0 Å². The Labute approximate surface area is 180 Å². The summed E-state index contributed by atoms with van der Waals surface area (Å²) in [5, 5.41) is 12.4. The third kappa shape index (κ3) is 3.32. The Balaban J connectivity index is 1.74. The molecule has 1 radical (unpaired) electrons. The number of hydrogen-bond donors (Lipinski definition) is 1. The molecule has 0 fully saturated rings. The Morgan fingerprint density at radius 3 is 2.35 bits per heavy atom. The molecule has 6 heteroatoms. The monoisotopic (exact) mass is 412 g/mol. The van der Waals surface area contributed by atoms with E-state index in [1.54, 1.807) is 21.3 Å². The van der Waals surface area contributed by atoms with Crippen molar-refractivity contribution in [1.29, 1.82) is 0 Å². The quantitative estimate of drug-likeness (QED) is 0.402. The fraction of sp³-hybridized carbons (Fsp3) is 0.240. The van der Waals surface area contributed by atoms with Gasteiger partial charge in [0.15, 0.2) is 5.58 Å². The first-order chi connectivity index (χ1) is 14.7. The predicted octanol–water partition coefficient (Wildman–Crippen LogP) is 5.20. The average molecular weight is 412 g/mol. The number of fused-ring (bicyclic) bond motifs is 4. The number of aliphatic hydroxyl groups is 1. The van der Waals surface area contributed by atoms with Gasteiger partial charge in [0.05, 0.1) is 11.2 Å². The fourth-order valence-corrected chi connectivity index (χ4v) is 3.47. The molecule has 2 heterocycles. The summed E-state index contributed by atoms with van der Waals surface area (Å²) in [7, 11) is 1.66. The average Bonchev–Trinajstić information content (AvgIpc) is 3.32. The van der Waals surface area contributed by atoms with Crippen LogP contribution in [0.2, 0.25) is 0 Å². The molecule has 1 N–H and O–H groups in total. The van der Waals surface area contributed by atoms with Crippen LogP contribution in [-0.4, -0.2) is 28.8 Å². The largest absolute Gasteiger partial charge is 0.456 e. The second-order valence-electron chi connectivity index (χ2n) is 8.80. The van der Waals surface area contributed by atoms with Crippen molar-refractivity contribution in [1.82, 2.24) is 4.98 Å². The van der Waals surface area contributed by atoms with E-state index in [4.69, 9.17) is 18.5 Å². The summed E-state index contributed by atoms with van der Waals surface area (Å²) in [6, 6.07) is 19.5. The van der Waals surface area contributed by atoms with Crippen molar-refractivity contribution in [2.45, 2.75) is 38.9 Å². The van der Waals surface area contributed by atoms with E-state index < -0.39 is 11.2 Å². The minimum absolute atomic E-state index is 0.531. The molecule has 5 nitrogen and oxygen atoms in total. The summed E-state index contributed by atoms with van der Waals surface area (Å²) < 4.78 is 18.5. The summed E-state index contributed by atoms with van der Waals surface area (Å²) >= 11 is 0. The van der Waals surface area contributed by atoms with Gasteiger partial charge < -0.3 is 18.6 Å². The van der Waals surface area contributed by atoms with Crippen molar-refractivity contribution < 1.29 is 18.6 Å².